The minimum absolute atomic E-state index is 0.160. The third-order valence-corrected chi connectivity index (χ3v) is 4.71. The number of carbonyl (C=O) groups excluding carboxylic acids is 1. The van der Waals surface area contributed by atoms with Gasteiger partial charge in [0, 0.05) is 57.2 Å². The predicted octanol–water partition coefficient (Wildman–Crippen LogP) is 2.15. The van der Waals surface area contributed by atoms with Crippen LogP contribution in [0, 0.1) is 0 Å². The maximum atomic E-state index is 12.5. The van der Waals surface area contributed by atoms with E-state index >= 15 is 0 Å². The van der Waals surface area contributed by atoms with E-state index in [0.717, 1.165) is 18.7 Å². The van der Waals surface area contributed by atoms with E-state index in [1.165, 1.54) is 0 Å². The van der Waals surface area contributed by atoms with Crippen LogP contribution in [0.3, 0.4) is 0 Å². The summed E-state index contributed by atoms with van der Waals surface area (Å²) in [6.45, 7) is 9.05. The van der Waals surface area contributed by atoms with Crippen molar-refractivity contribution in [3.8, 4) is 0 Å². The minimum atomic E-state index is -0.439. The van der Waals surface area contributed by atoms with Crippen molar-refractivity contribution in [3.05, 3.63) is 18.2 Å². The molecule has 1 aromatic rings. The number of nitrogens with zero attached hydrogens (tertiary/aromatic N) is 3. The first-order valence-electron chi connectivity index (χ1n) is 8.60. The number of hydrogen-bond acceptors (Lipinski definition) is 4. The molecule has 2 fully saturated rings. The van der Waals surface area contributed by atoms with Gasteiger partial charge in [-0.15, -0.1) is 0 Å². The molecule has 0 N–H and O–H groups in total. The van der Waals surface area contributed by atoms with E-state index in [1.807, 2.05) is 18.0 Å². The monoisotopic (exact) mass is 321 g/mol. The van der Waals surface area contributed by atoms with Crippen molar-refractivity contribution < 1.29 is 14.3 Å². The quantitative estimate of drug-likeness (QED) is 0.853. The van der Waals surface area contributed by atoms with Gasteiger partial charge in [-0.05, 0) is 6.92 Å². The van der Waals surface area contributed by atoms with E-state index in [2.05, 4.69) is 23.4 Å². The first-order valence-corrected chi connectivity index (χ1v) is 8.60. The molecule has 128 valence electrons. The second-order valence-corrected chi connectivity index (χ2v) is 6.91. The third kappa shape index (κ3) is 3.58. The molecule has 0 aliphatic carbocycles. The van der Waals surface area contributed by atoms with Crippen LogP contribution >= 0.6 is 0 Å². The molecule has 1 amide bonds. The Kier molecular flexibility index (Phi) is 4.73. The number of hydrogen-bond donors (Lipinski definition) is 0. The number of aryl methyl sites for hydroxylation is 1. The highest BCUT2D eigenvalue weighted by atomic mass is 16.7. The van der Waals surface area contributed by atoms with Gasteiger partial charge in [0.05, 0.1) is 12.7 Å². The fourth-order valence-corrected chi connectivity index (χ4v) is 3.45. The molecule has 2 saturated heterocycles. The minimum Gasteiger partial charge on any atom is -0.347 e. The summed E-state index contributed by atoms with van der Waals surface area (Å²) in [7, 11) is 0. The molecule has 3 rings (SSSR count). The van der Waals surface area contributed by atoms with Crippen LogP contribution in [-0.4, -0.2) is 51.9 Å². The van der Waals surface area contributed by atoms with Crippen molar-refractivity contribution >= 4 is 5.91 Å². The number of aromatic nitrogens is 2. The summed E-state index contributed by atoms with van der Waals surface area (Å²) < 4.78 is 13.8. The zero-order valence-electron chi connectivity index (χ0n) is 14.3. The lowest BCUT2D eigenvalue weighted by Crippen LogP contribution is -2.47. The van der Waals surface area contributed by atoms with Gasteiger partial charge in [-0.25, -0.2) is 4.98 Å². The second-order valence-electron chi connectivity index (χ2n) is 6.91. The summed E-state index contributed by atoms with van der Waals surface area (Å²) in [5.41, 5.74) is 0. The Morgan fingerprint density at radius 3 is 2.78 bits per heavy atom. The van der Waals surface area contributed by atoms with Gasteiger partial charge in [-0.2, -0.15) is 0 Å². The highest BCUT2D eigenvalue weighted by Gasteiger charge is 2.43. The molecule has 6 nitrogen and oxygen atoms in total. The Labute approximate surface area is 137 Å². The van der Waals surface area contributed by atoms with Crippen LogP contribution in [0.5, 0.6) is 0 Å². The summed E-state index contributed by atoms with van der Waals surface area (Å²) >= 11 is 0. The maximum absolute atomic E-state index is 12.5. The van der Waals surface area contributed by atoms with Crippen LogP contribution in [0.4, 0.5) is 0 Å². The van der Waals surface area contributed by atoms with Crippen molar-refractivity contribution in [2.24, 2.45) is 0 Å². The van der Waals surface area contributed by atoms with Crippen molar-refractivity contribution in [1.82, 2.24) is 14.5 Å². The van der Waals surface area contributed by atoms with Crippen LogP contribution in [0.15, 0.2) is 12.4 Å². The number of likely N-dealkylation sites (tertiary alicyclic amines) is 1. The van der Waals surface area contributed by atoms with E-state index in [-0.39, 0.29) is 12.0 Å². The molecule has 0 radical (unpaired) electrons. The summed E-state index contributed by atoms with van der Waals surface area (Å²) in [5.74, 6) is 1.17. The van der Waals surface area contributed by atoms with Crippen molar-refractivity contribution in [2.45, 2.75) is 64.4 Å². The summed E-state index contributed by atoms with van der Waals surface area (Å²) in [5, 5.41) is 0. The van der Waals surface area contributed by atoms with E-state index in [0.29, 0.717) is 38.6 Å². The Hall–Kier alpha value is -1.40. The molecule has 1 aromatic heterocycles. The van der Waals surface area contributed by atoms with Crippen LogP contribution in [0.25, 0.3) is 0 Å². The average Bonchev–Trinajstić information content (AvgIpc) is 3.13. The van der Waals surface area contributed by atoms with Gasteiger partial charge >= 0.3 is 0 Å². The Morgan fingerprint density at radius 1 is 1.43 bits per heavy atom. The summed E-state index contributed by atoms with van der Waals surface area (Å²) in [6.07, 6.45) is 5.97. The molecule has 0 bridgehead atoms. The SMILES string of the molecule is CC(C)c1nccn1CCC(=O)N1CCC2(CC1)OC[C@H](C)O2. The zero-order chi connectivity index (χ0) is 16.4. The number of carbonyl (C=O) groups is 1. The molecule has 23 heavy (non-hydrogen) atoms. The fraction of sp³-hybridized carbons (Fsp3) is 0.765. The first-order chi connectivity index (χ1) is 11.0. The van der Waals surface area contributed by atoms with Crippen LogP contribution in [0.1, 0.15) is 51.8 Å². The lowest BCUT2D eigenvalue weighted by atomic mass is 10.0. The molecule has 1 atom stereocenters. The Bertz CT molecular complexity index is 547. The molecule has 0 aromatic carbocycles. The summed E-state index contributed by atoms with van der Waals surface area (Å²) in [6, 6.07) is 0. The molecule has 1 spiro atoms. The molecule has 3 heterocycles. The Morgan fingerprint density at radius 2 is 2.17 bits per heavy atom. The maximum Gasteiger partial charge on any atom is 0.224 e. The number of imidazole rings is 1. The highest BCUT2D eigenvalue weighted by Crippen LogP contribution is 2.34. The molecule has 2 aliphatic heterocycles. The van der Waals surface area contributed by atoms with Gasteiger partial charge in [0.15, 0.2) is 5.79 Å². The molecule has 0 unspecified atom stereocenters. The van der Waals surface area contributed by atoms with Gasteiger partial charge in [0.2, 0.25) is 5.91 Å². The van der Waals surface area contributed by atoms with Gasteiger partial charge in [0.25, 0.3) is 0 Å². The van der Waals surface area contributed by atoms with Crippen LogP contribution in [0.2, 0.25) is 0 Å². The average molecular weight is 321 g/mol. The van der Waals surface area contributed by atoms with E-state index in [9.17, 15) is 4.79 Å². The first kappa shape index (κ1) is 16.5. The number of amides is 1. The normalized spacial score (nSPS) is 23.8. The van der Waals surface area contributed by atoms with Crippen molar-refractivity contribution in [2.75, 3.05) is 19.7 Å². The fourth-order valence-electron chi connectivity index (χ4n) is 3.45. The van der Waals surface area contributed by atoms with Gasteiger partial charge < -0.3 is 18.9 Å². The zero-order valence-corrected chi connectivity index (χ0v) is 14.3. The molecule has 6 heteroatoms. The smallest absolute Gasteiger partial charge is 0.224 e. The second kappa shape index (κ2) is 6.61. The molecule has 2 aliphatic rings. The number of piperidine rings is 1. The molecular formula is C17H27N3O3. The van der Waals surface area contributed by atoms with Gasteiger partial charge in [-0.3, -0.25) is 4.79 Å². The van der Waals surface area contributed by atoms with Gasteiger partial charge in [0.1, 0.15) is 5.82 Å². The molecule has 0 saturated carbocycles. The van der Waals surface area contributed by atoms with Crippen molar-refractivity contribution in [3.63, 3.8) is 0 Å². The van der Waals surface area contributed by atoms with Crippen LogP contribution < -0.4 is 0 Å². The standard InChI is InChI=1S/C17H27N3O3/c1-13(2)16-18-7-11-20(16)8-4-15(21)19-9-5-17(6-10-19)22-12-14(3)23-17/h7,11,13-14H,4-6,8-10,12H2,1-3H3/t14-/m0/s1. The Balaban J connectivity index is 1.49. The lowest BCUT2D eigenvalue weighted by molar-refractivity contribution is -0.194. The molecular weight excluding hydrogens is 294 g/mol. The summed E-state index contributed by atoms with van der Waals surface area (Å²) in [4.78, 5) is 18.8. The number of rotatable bonds is 4. The number of ether oxygens (including phenoxy) is 2. The van der Waals surface area contributed by atoms with E-state index in [1.54, 1.807) is 6.20 Å². The van der Waals surface area contributed by atoms with E-state index in [4.69, 9.17) is 9.47 Å². The predicted molar refractivity (Wildman–Crippen MR) is 86.0 cm³/mol. The van der Waals surface area contributed by atoms with Crippen molar-refractivity contribution in [1.29, 1.82) is 0 Å². The van der Waals surface area contributed by atoms with Gasteiger partial charge in [-0.1, -0.05) is 13.8 Å². The van der Waals surface area contributed by atoms with E-state index < -0.39 is 5.79 Å². The van der Waals surface area contributed by atoms with Crippen LogP contribution in [-0.2, 0) is 20.8 Å². The third-order valence-electron chi connectivity index (χ3n) is 4.71. The largest absolute Gasteiger partial charge is 0.347 e. The topological polar surface area (TPSA) is 56.6 Å². The highest BCUT2D eigenvalue weighted by molar-refractivity contribution is 5.76. The lowest BCUT2D eigenvalue weighted by Gasteiger charge is -2.38.